The van der Waals surface area contributed by atoms with E-state index in [4.69, 9.17) is 11.6 Å². The number of halogens is 1. The smallest absolute Gasteiger partial charge is 0.0727 e. The Morgan fingerprint density at radius 3 is 2.53 bits per heavy atom. The molecule has 0 saturated heterocycles. The number of benzene rings is 2. The molecule has 2 aromatic carbocycles. The second-order valence-electron chi connectivity index (χ2n) is 4.46. The van der Waals surface area contributed by atoms with Crippen molar-refractivity contribution in [3.8, 4) is 0 Å². The second-order valence-corrected chi connectivity index (χ2v) is 4.99. The van der Waals surface area contributed by atoms with Crippen molar-refractivity contribution in [3.63, 3.8) is 0 Å². The topological polar surface area (TPSA) is 25.8 Å². The molecule has 0 spiro atoms. The highest BCUT2D eigenvalue weighted by Gasteiger charge is 2.12. The van der Waals surface area contributed by atoms with E-state index in [2.05, 4.69) is 16.3 Å². The molecule has 2 nitrogen and oxygen atoms in total. The van der Waals surface area contributed by atoms with Gasteiger partial charge >= 0.3 is 0 Å². The standard InChI is InChI=1S/C16H13ClN2/c17-15(12-6-2-1-3-7-12)10-16-14-9-5-4-8-13(14)11-18-19-16/h1-9,11,15H,10H2. The summed E-state index contributed by atoms with van der Waals surface area (Å²) < 4.78 is 0. The lowest BCUT2D eigenvalue weighted by molar-refractivity contribution is 0.851. The Morgan fingerprint density at radius 1 is 0.947 bits per heavy atom. The van der Waals surface area contributed by atoms with Crippen molar-refractivity contribution in [1.29, 1.82) is 0 Å². The van der Waals surface area contributed by atoms with E-state index in [1.165, 1.54) is 0 Å². The van der Waals surface area contributed by atoms with E-state index in [1.54, 1.807) is 6.20 Å². The fourth-order valence-electron chi connectivity index (χ4n) is 2.19. The molecular weight excluding hydrogens is 256 g/mol. The van der Waals surface area contributed by atoms with Crippen LogP contribution in [0.2, 0.25) is 0 Å². The Kier molecular flexibility index (Phi) is 3.43. The lowest BCUT2D eigenvalue weighted by atomic mass is 10.0. The Morgan fingerprint density at radius 2 is 1.68 bits per heavy atom. The van der Waals surface area contributed by atoms with Gasteiger partial charge in [-0.2, -0.15) is 10.2 Å². The number of hydrogen-bond donors (Lipinski definition) is 0. The molecule has 19 heavy (non-hydrogen) atoms. The molecule has 3 aromatic rings. The van der Waals surface area contributed by atoms with E-state index in [0.29, 0.717) is 6.42 Å². The summed E-state index contributed by atoms with van der Waals surface area (Å²) in [6, 6.07) is 18.2. The van der Waals surface area contributed by atoms with Crippen molar-refractivity contribution in [2.24, 2.45) is 0 Å². The zero-order chi connectivity index (χ0) is 13.1. The van der Waals surface area contributed by atoms with Gasteiger partial charge in [0.15, 0.2) is 0 Å². The first-order chi connectivity index (χ1) is 9.34. The molecule has 0 aliphatic heterocycles. The quantitative estimate of drug-likeness (QED) is 0.667. The summed E-state index contributed by atoms with van der Waals surface area (Å²) in [4.78, 5) is 0. The molecule has 0 saturated carbocycles. The third-order valence-electron chi connectivity index (χ3n) is 3.18. The summed E-state index contributed by atoms with van der Waals surface area (Å²) in [6.07, 6.45) is 2.46. The van der Waals surface area contributed by atoms with Crippen LogP contribution in [0.1, 0.15) is 16.6 Å². The first-order valence-electron chi connectivity index (χ1n) is 6.23. The third-order valence-corrected chi connectivity index (χ3v) is 3.59. The van der Waals surface area contributed by atoms with Gasteiger partial charge < -0.3 is 0 Å². The van der Waals surface area contributed by atoms with Gasteiger partial charge in [0.2, 0.25) is 0 Å². The molecule has 0 bridgehead atoms. The maximum Gasteiger partial charge on any atom is 0.0727 e. The average Bonchev–Trinajstić information content (AvgIpc) is 2.48. The first kappa shape index (κ1) is 12.1. The molecule has 0 N–H and O–H groups in total. The van der Waals surface area contributed by atoms with Gasteiger partial charge in [0, 0.05) is 17.2 Å². The van der Waals surface area contributed by atoms with Gasteiger partial charge in [-0.05, 0) is 5.56 Å². The van der Waals surface area contributed by atoms with Crippen LogP contribution in [-0.4, -0.2) is 10.2 Å². The van der Waals surface area contributed by atoms with Crippen LogP contribution in [0.3, 0.4) is 0 Å². The number of fused-ring (bicyclic) bond motifs is 1. The normalized spacial score (nSPS) is 12.5. The minimum Gasteiger partial charge on any atom is -0.158 e. The SMILES string of the molecule is ClC(Cc1nncc2ccccc12)c1ccccc1. The number of aromatic nitrogens is 2. The summed E-state index contributed by atoms with van der Waals surface area (Å²) >= 11 is 6.47. The molecule has 0 aliphatic rings. The highest BCUT2D eigenvalue weighted by Crippen LogP contribution is 2.26. The number of hydrogen-bond acceptors (Lipinski definition) is 2. The zero-order valence-corrected chi connectivity index (χ0v) is 11.1. The predicted molar refractivity (Wildman–Crippen MR) is 78.3 cm³/mol. The molecule has 1 atom stereocenters. The van der Waals surface area contributed by atoms with Gasteiger partial charge in [0.05, 0.1) is 17.3 Å². The lowest BCUT2D eigenvalue weighted by Crippen LogP contribution is -2.00. The zero-order valence-electron chi connectivity index (χ0n) is 10.3. The Labute approximate surface area is 117 Å². The van der Waals surface area contributed by atoms with Crippen LogP contribution < -0.4 is 0 Å². The molecule has 1 heterocycles. The first-order valence-corrected chi connectivity index (χ1v) is 6.66. The number of alkyl halides is 1. The van der Waals surface area contributed by atoms with Crippen LogP contribution in [0.4, 0.5) is 0 Å². The van der Waals surface area contributed by atoms with Gasteiger partial charge in [-0.15, -0.1) is 11.6 Å². The molecule has 0 amide bonds. The van der Waals surface area contributed by atoms with Gasteiger partial charge in [-0.3, -0.25) is 0 Å². The van der Waals surface area contributed by atoms with Crippen LogP contribution >= 0.6 is 11.6 Å². The highest BCUT2D eigenvalue weighted by molar-refractivity contribution is 6.21. The molecule has 0 radical (unpaired) electrons. The summed E-state index contributed by atoms with van der Waals surface area (Å²) in [6.45, 7) is 0. The summed E-state index contributed by atoms with van der Waals surface area (Å²) in [5, 5.41) is 10.4. The lowest BCUT2D eigenvalue weighted by Gasteiger charge is -2.10. The van der Waals surface area contributed by atoms with E-state index in [0.717, 1.165) is 22.0 Å². The Bertz CT molecular complexity index is 677. The van der Waals surface area contributed by atoms with E-state index in [9.17, 15) is 0 Å². The molecule has 94 valence electrons. The van der Waals surface area contributed by atoms with Crippen molar-refractivity contribution in [1.82, 2.24) is 10.2 Å². The van der Waals surface area contributed by atoms with E-state index in [1.807, 2.05) is 48.5 Å². The molecule has 0 fully saturated rings. The van der Waals surface area contributed by atoms with Crippen LogP contribution in [-0.2, 0) is 6.42 Å². The summed E-state index contributed by atoms with van der Waals surface area (Å²) in [5.74, 6) is 0. The fraction of sp³-hybridized carbons (Fsp3) is 0.125. The predicted octanol–water partition coefficient (Wildman–Crippen LogP) is 4.15. The van der Waals surface area contributed by atoms with Crippen molar-refractivity contribution in [2.75, 3.05) is 0 Å². The van der Waals surface area contributed by atoms with Crippen molar-refractivity contribution >= 4 is 22.4 Å². The van der Waals surface area contributed by atoms with Gasteiger partial charge in [0.25, 0.3) is 0 Å². The minimum absolute atomic E-state index is 0.0821. The van der Waals surface area contributed by atoms with E-state index >= 15 is 0 Å². The largest absolute Gasteiger partial charge is 0.158 e. The van der Waals surface area contributed by atoms with Crippen LogP contribution in [0, 0.1) is 0 Å². The van der Waals surface area contributed by atoms with Crippen LogP contribution in [0.15, 0.2) is 60.8 Å². The van der Waals surface area contributed by atoms with Gasteiger partial charge in [-0.25, -0.2) is 0 Å². The Balaban J connectivity index is 1.94. The average molecular weight is 269 g/mol. The highest BCUT2D eigenvalue weighted by atomic mass is 35.5. The monoisotopic (exact) mass is 268 g/mol. The molecular formula is C16H13ClN2. The van der Waals surface area contributed by atoms with E-state index in [-0.39, 0.29) is 5.38 Å². The second kappa shape index (κ2) is 5.37. The number of rotatable bonds is 3. The molecule has 3 heteroatoms. The Hall–Kier alpha value is -1.93. The molecule has 1 aromatic heterocycles. The molecule has 1 unspecified atom stereocenters. The summed E-state index contributed by atoms with van der Waals surface area (Å²) in [5.41, 5.74) is 2.06. The van der Waals surface area contributed by atoms with Crippen LogP contribution in [0.5, 0.6) is 0 Å². The maximum absolute atomic E-state index is 6.47. The van der Waals surface area contributed by atoms with Crippen molar-refractivity contribution in [2.45, 2.75) is 11.8 Å². The number of nitrogens with zero attached hydrogens (tertiary/aromatic N) is 2. The molecule has 3 rings (SSSR count). The van der Waals surface area contributed by atoms with Crippen molar-refractivity contribution < 1.29 is 0 Å². The van der Waals surface area contributed by atoms with Gasteiger partial charge in [0.1, 0.15) is 0 Å². The summed E-state index contributed by atoms with van der Waals surface area (Å²) in [7, 11) is 0. The van der Waals surface area contributed by atoms with Crippen LogP contribution in [0.25, 0.3) is 10.8 Å². The minimum atomic E-state index is -0.0821. The van der Waals surface area contributed by atoms with Crippen molar-refractivity contribution in [3.05, 3.63) is 72.1 Å². The van der Waals surface area contributed by atoms with E-state index < -0.39 is 0 Å². The van der Waals surface area contributed by atoms with Gasteiger partial charge in [-0.1, -0.05) is 54.6 Å². The fourth-order valence-corrected chi connectivity index (χ4v) is 2.48. The third kappa shape index (κ3) is 2.59. The molecule has 0 aliphatic carbocycles. The maximum atomic E-state index is 6.47.